The van der Waals surface area contributed by atoms with Gasteiger partial charge >= 0.3 is 5.69 Å². The SMILES string of the molecule is CCCC(=O)N1CCCN(Cc2ccccc2)CCN(C(=O)c2ccc3c(c2)n(CC)c(=O)n3CC)Cc2ccc(Cl)cc21. The lowest BCUT2D eigenvalue weighted by molar-refractivity contribution is -0.118. The van der Waals surface area contributed by atoms with Crippen LogP contribution in [-0.2, 0) is 31.0 Å². The normalized spacial score (nSPS) is 14.8. The fourth-order valence-corrected chi connectivity index (χ4v) is 6.35. The lowest BCUT2D eigenvalue weighted by Gasteiger charge is -2.28. The maximum absolute atomic E-state index is 14.3. The van der Waals surface area contributed by atoms with Crippen molar-refractivity contribution in [2.75, 3.05) is 31.1 Å². The van der Waals surface area contributed by atoms with Gasteiger partial charge < -0.3 is 9.80 Å². The monoisotopic (exact) mass is 615 g/mol. The average Bonchev–Trinajstić information content (AvgIpc) is 3.29. The second kappa shape index (κ2) is 14.3. The lowest BCUT2D eigenvalue weighted by Crippen LogP contribution is -2.38. The van der Waals surface area contributed by atoms with E-state index in [-0.39, 0.29) is 17.5 Å². The number of imidazole rings is 1. The highest BCUT2D eigenvalue weighted by Crippen LogP contribution is 2.29. The standard InChI is InChI=1S/C35H42ClN5O3/c1-4-11-33(42)41-19-10-18-37(24-26-12-8-7-9-13-26)20-21-38(25-28-14-16-29(36)23-31(28)41)34(43)27-15-17-30-32(22-27)40(6-3)35(44)39(30)5-2/h7-9,12-17,22-23H,4-6,10-11,18-21,24-25H2,1-3H3. The molecular weight excluding hydrogens is 574 g/mol. The van der Waals surface area contributed by atoms with Crippen LogP contribution in [0.15, 0.2) is 71.5 Å². The zero-order valence-corrected chi connectivity index (χ0v) is 26.7. The van der Waals surface area contributed by atoms with Crippen molar-refractivity contribution in [3.8, 4) is 0 Å². The van der Waals surface area contributed by atoms with E-state index in [0.29, 0.717) is 56.3 Å². The summed E-state index contributed by atoms with van der Waals surface area (Å²) >= 11 is 6.49. The number of anilines is 1. The van der Waals surface area contributed by atoms with Crippen LogP contribution < -0.4 is 10.6 Å². The van der Waals surface area contributed by atoms with Crippen LogP contribution in [0, 0.1) is 0 Å². The first kappa shape index (κ1) is 31.5. The molecule has 0 saturated heterocycles. The molecule has 1 aliphatic heterocycles. The van der Waals surface area contributed by atoms with E-state index < -0.39 is 0 Å². The van der Waals surface area contributed by atoms with Gasteiger partial charge in [-0.15, -0.1) is 0 Å². The Labute approximate surface area is 264 Å². The molecule has 0 fully saturated rings. The molecule has 0 bridgehead atoms. The van der Waals surface area contributed by atoms with Crippen LogP contribution >= 0.6 is 11.6 Å². The van der Waals surface area contributed by atoms with Crippen LogP contribution in [0.4, 0.5) is 5.69 Å². The van der Waals surface area contributed by atoms with Crippen molar-refractivity contribution in [2.24, 2.45) is 0 Å². The number of aryl methyl sites for hydroxylation is 2. The minimum atomic E-state index is -0.113. The van der Waals surface area contributed by atoms with Crippen molar-refractivity contribution in [1.29, 1.82) is 0 Å². The summed E-state index contributed by atoms with van der Waals surface area (Å²) in [4.78, 5) is 46.8. The first-order valence-electron chi connectivity index (χ1n) is 15.7. The van der Waals surface area contributed by atoms with Crippen LogP contribution in [0.25, 0.3) is 11.0 Å². The molecule has 2 heterocycles. The molecule has 4 aromatic rings. The molecule has 232 valence electrons. The quantitative estimate of drug-likeness (QED) is 0.249. The Balaban J connectivity index is 1.55. The van der Waals surface area contributed by atoms with Gasteiger partial charge in [-0.3, -0.25) is 23.6 Å². The van der Waals surface area contributed by atoms with E-state index in [0.717, 1.165) is 48.2 Å². The molecule has 0 radical (unpaired) electrons. The van der Waals surface area contributed by atoms with Crippen LogP contribution in [0.5, 0.6) is 0 Å². The molecule has 0 spiro atoms. The highest BCUT2D eigenvalue weighted by atomic mass is 35.5. The zero-order valence-electron chi connectivity index (χ0n) is 26.0. The number of benzene rings is 3. The van der Waals surface area contributed by atoms with Crippen LogP contribution in [0.2, 0.25) is 5.02 Å². The maximum atomic E-state index is 14.3. The van der Waals surface area contributed by atoms with E-state index in [1.54, 1.807) is 9.13 Å². The Morgan fingerprint density at radius 2 is 1.57 bits per heavy atom. The molecule has 8 nitrogen and oxygen atoms in total. The second-order valence-corrected chi connectivity index (χ2v) is 11.8. The van der Waals surface area contributed by atoms with E-state index >= 15 is 0 Å². The summed E-state index contributed by atoms with van der Waals surface area (Å²) in [6.45, 7) is 10.6. The third kappa shape index (κ3) is 6.76. The van der Waals surface area contributed by atoms with E-state index in [1.165, 1.54) is 5.56 Å². The number of rotatable bonds is 7. The molecule has 9 heteroatoms. The summed E-state index contributed by atoms with van der Waals surface area (Å²) < 4.78 is 3.46. The van der Waals surface area contributed by atoms with E-state index in [4.69, 9.17) is 11.6 Å². The molecule has 0 N–H and O–H groups in total. The number of carbonyl (C=O) groups is 2. The summed E-state index contributed by atoms with van der Waals surface area (Å²) in [5.41, 5.74) is 4.91. The van der Waals surface area contributed by atoms with Crippen LogP contribution in [-0.4, -0.2) is 56.9 Å². The zero-order chi connectivity index (χ0) is 31.2. The fraction of sp³-hybridized carbons (Fsp3) is 0.400. The molecule has 5 rings (SSSR count). The highest BCUT2D eigenvalue weighted by molar-refractivity contribution is 6.31. The fourth-order valence-electron chi connectivity index (χ4n) is 6.18. The smallest absolute Gasteiger partial charge is 0.329 e. The van der Waals surface area contributed by atoms with Gasteiger partial charge in [0.05, 0.1) is 16.7 Å². The molecular formula is C35H42ClN5O3. The van der Waals surface area contributed by atoms with Crippen molar-refractivity contribution < 1.29 is 9.59 Å². The molecule has 0 aliphatic carbocycles. The lowest BCUT2D eigenvalue weighted by atomic mass is 10.1. The predicted octanol–water partition coefficient (Wildman–Crippen LogP) is 6.18. The molecule has 3 aromatic carbocycles. The van der Waals surface area contributed by atoms with E-state index in [1.807, 2.05) is 85.2 Å². The van der Waals surface area contributed by atoms with Gasteiger partial charge in [-0.25, -0.2) is 4.79 Å². The van der Waals surface area contributed by atoms with Gasteiger partial charge in [0.15, 0.2) is 0 Å². The third-order valence-electron chi connectivity index (χ3n) is 8.44. The van der Waals surface area contributed by atoms with Gasteiger partial charge in [0.2, 0.25) is 5.91 Å². The first-order chi connectivity index (χ1) is 21.3. The van der Waals surface area contributed by atoms with Crippen molar-refractivity contribution in [3.05, 3.63) is 98.9 Å². The summed E-state index contributed by atoms with van der Waals surface area (Å²) in [7, 11) is 0. The highest BCUT2D eigenvalue weighted by Gasteiger charge is 2.25. The minimum absolute atomic E-state index is 0.0613. The third-order valence-corrected chi connectivity index (χ3v) is 8.68. The number of aromatic nitrogens is 2. The van der Waals surface area contributed by atoms with Gasteiger partial charge in [0, 0.05) is 69.4 Å². The second-order valence-electron chi connectivity index (χ2n) is 11.4. The van der Waals surface area contributed by atoms with E-state index in [2.05, 4.69) is 17.0 Å². The number of halogens is 1. The molecule has 1 aliphatic rings. The number of hydrogen-bond acceptors (Lipinski definition) is 4. The Morgan fingerprint density at radius 3 is 2.30 bits per heavy atom. The Morgan fingerprint density at radius 1 is 0.818 bits per heavy atom. The summed E-state index contributed by atoms with van der Waals surface area (Å²) in [6.07, 6.45) is 1.99. The topological polar surface area (TPSA) is 70.8 Å². The largest absolute Gasteiger partial charge is 0.333 e. The summed E-state index contributed by atoms with van der Waals surface area (Å²) in [5.74, 6) is -0.0522. The predicted molar refractivity (Wildman–Crippen MR) is 177 cm³/mol. The number of fused-ring (bicyclic) bond motifs is 2. The molecule has 0 saturated carbocycles. The molecule has 2 amide bonds. The number of nitrogens with zero attached hydrogens (tertiary/aromatic N) is 5. The van der Waals surface area contributed by atoms with Crippen molar-refractivity contribution >= 4 is 40.1 Å². The summed E-state index contributed by atoms with van der Waals surface area (Å²) in [5, 5.41) is 0.555. The number of amides is 2. The van der Waals surface area contributed by atoms with Gasteiger partial charge in [0.1, 0.15) is 0 Å². The number of carbonyl (C=O) groups excluding carboxylic acids is 2. The van der Waals surface area contributed by atoms with E-state index in [9.17, 15) is 14.4 Å². The van der Waals surface area contributed by atoms with Gasteiger partial charge in [0.25, 0.3) is 5.91 Å². The van der Waals surface area contributed by atoms with Crippen molar-refractivity contribution in [2.45, 2.75) is 66.2 Å². The molecule has 1 aromatic heterocycles. The molecule has 0 atom stereocenters. The number of hydrogen-bond donors (Lipinski definition) is 0. The average molecular weight is 616 g/mol. The minimum Gasteiger partial charge on any atom is -0.333 e. The maximum Gasteiger partial charge on any atom is 0.329 e. The Kier molecular flexibility index (Phi) is 10.2. The van der Waals surface area contributed by atoms with Crippen molar-refractivity contribution in [1.82, 2.24) is 18.9 Å². The van der Waals surface area contributed by atoms with Crippen LogP contribution in [0.3, 0.4) is 0 Å². The van der Waals surface area contributed by atoms with Gasteiger partial charge in [-0.1, -0.05) is 54.9 Å². The van der Waals surface area contributed by atoms with Gasteiger partial charge in [-0.05, 0) is 68.1 Å². The Hall–Kier alpha value is -3.88. The summed E-state index contributed by atoms with van der Waals surface area (Å²) in [6, 6.07) is 21.5. The van der Waals surface area contributed by atoms with Gasteiger partial charge in [-0.2, -0.15) is 0 Å². The van der Waals surface area contributed by atoms with Crippen molar-refractivity contribution in [3.63, 3.8) is 0 Å². The molecule has 44 heavy (non-hydrogen) atoms. The first-order valence-corrected chi connectivity index (χ1v) is 16.1. The molecule has 0 unspecified atom stereocenters. The Bertz CT molecular complexity index is 1680. The van der Waals surface area contributed by atoms with Crippen LogP contribution in [0.1, 0.15) is 61.5 Å².